The molecule has 3 unspecified atom stereocenters. The Hall–Kier alpha value is -3.62. The van der Waals surface area contributed by atoms with Crippen molar-refractivity contribution in [2.75, 3.05) is 40.9 Å². The van der Waals surface area contributed by atoms with E-state index in [-0.39, 0.29) is 12.5 Å². The zero-order valence-electron chi connectivity index (χ0n) is 55.5. The fourth-order valence-corrected chi connectivity index (χ4v) is 10.1. The van der Waals surface area contributed by atoms with Crippen molar-refractivity contribution in [1.29, 1.82) is 0 Å². The molecule has 0 aliphatic heterocycles. The van der Waals surface area contributed by atoms with Crippen molar-refractivity contribution in [1.82, 2.24) is 5.32 Å². The van der Waals surface area contributed by atoms with Gasteiger partial charge in [-0.25, -0.2) is 0 Å². The molecular formula is C76H131N2O6P. The lowest BCUT2D eigenvalue weighted by Gasteiger charge is -2.29. The molecule has 1 amide bonds. The van der Waals surface area contributed by atoms with Gasteiger partial charge in [0.15, 0.2) is 0 Å². The van der Waals surface area contributed by atoms with Crippen LogP contribution in [-0.4, -0.2) is 68.5 Å². The van der Waals surface area contributed by atoms with Gasteiger partial charge in [0, 0.05) is 6.42 Å². The molecule has 0 saturated heterocycles. The Labute approximate surface area is 525 Å². The van der Waals surface area contributed by atoms with E-state index in [2.05, 4.69) is 153 Å². The molecule has 0 aliphatic rings. The third kappa shape index (κ3) is 67.7. The molecule has 0 bridgehead atoms. The molecule has 85 heavy (non-hydrogen) atoms. The highest BCUT2D eigenvalue weighted by Crippen LogP contribution is 2.38. The van der Waals surface area contributed by atoms with Crippen LogP contribution < -0.4 is 10.2 Å². The molecule has 0 rings (SSSR count). The summed E-state index contributed by atoms with van der Waals surface area (Å²) in [6.07, 6.45) is 99.6. The molecular weight excluding hydrogens is 1070 g/mol. The summed E-state index contributed by atoms with van der Waals surface area (Å²) in [5, 5.41) is 13.9. The first-order chi connectivity index (χ1) is 41.5. The molecule has 0 radical (unpaired) electrons. The van der Waals surface area contributed by atoms with Gasteiger partial charge in [0.2, 0.25) is 5.91 Å². The van der Waals surface area contributed by atoms with E-state index in [9.17, 15) is 19.4 Å². The largest absolute Gasteiger partial charge is 0.756 e. The second-order valence-electron chi connectivity index (χ2n) is 24.1. The molecule has 0 aromatic rings. The van der Waals surface area contributed by atoms with Crippen LogP contribution in [-0.2, 0) is 18.4 Å². The van der Waals surface area contributed by atoms with Crippen molar-refractivity contribution < 1.29 is 32.9 Å². The monoisotopic (exact) mass is 1200 g/mol. The van der Waals surface area contributed by atoms with E-state index >= 15 is 0 Å². The highest BCUT2D eigenvalue weighted by Gasteiger charge is 2.23. The molecule has 0 saturated carbocycles. The summed E-state index contributed by atoms with van der Waals surface area (Å²) in [7, 11) is 1.22. The van der Waals surface area contributed by atoms with Crippen LogP contribution in [0.5, 0.6) is 0 Å². The van der Waals surface area contributed by atoms with Crippen LogP contribution in [0, 0.1) is 0 Å². The van der Waals surface area contributed by atoms with E-state index in [1.165, 1.54) is 148 Å². The molecule has 9 heteroatoms. The van der Waals surface area contributed by atoms with Crippen LogP contribution in [0.25, 0.3) is 0 Å². The molecule has 0 heterocycles. The number of nitrogens with one attached hydrogen (secondary N) is 1. The maximum Gasteiger partial charge on any atom is 0.268 e. The first-order valence-electron chi connectivity index (χ1n) is 34.7. The quantitative estimate of drug-likeness (QED) is 0.0272. The normalized spacial score (nSPS) is 14.6. The van der Waals surface area contributed by atoms with Crippen molar-refractivity contribution >= 4 is 13.7 Å². The van der Waals surface area contributed by atoms with Gasteiger partial charge < -0.3 is 28.8 Å². The summed E-state index contributed by atoms with van der Waals surface area (Å²) in [6, 6.07) is -0.923. The van der Waals surface area contributed by atoms with Gasteiger partial charge >= 0.3 is 0 Å². The first-order valence-corrected chi connectivity index (χ1v) is 36.2. The van der Waals surface area contributed by atoms with Crippen molar-refractivity contribution in [2.24, 2.45) is 0 Å². The Balaban J connectivity index is 4.17. The Bertz CT molecular complexity index is 1900. The van der Waals surface area contributed by atoms with Crippen LogP contribution in [0.2, 0.25) is 0 Å². The number of allylic oxidation sites excluding steroid dienone is 23. The van der Waals surface area contributed by atoms with E-state index < -0.39 is 26.6 Å². The summed E-state index contributed by atoms with van der Waals surface area (Å²) in [5.41, 5.74) is 0. The van der Waals surface area contributed by atoms with Gasteiger partial charge in [-0.3, -0.25) is 9.36 Å². The molecule has 0 aromatic carbocycles. The number of carbonyl (C=O) groups excluding carboxylic acids is 1. The van der Waals surface area contributed by atoms with Crippen LogP contribution >= 0.6 is 7.82 Å². The van der Waals surface area contributed by atoms with Crippen LogP contribution in [0.3, 0.4) is 0 Å². The lowest BCUT2D eigenvalue weighted by molar-refractivity contribution is -0.870. The number of hydrogen-bond donors (Lipinski definition) is 2. The van der Waals surface area contributed by atoms with Gasteiger partial charge in [-0.15, -0.1) is 0 Å². The number of rotatable bonds is 62. The number of likely N-dealkylation sites (N-methyl/N-ethyl adjacent to an activating group) is 1. The standard InChI is InChI=1S/C76H131N2O6P/c1-6-8-10-12-14-16-18-20-22-24-26-28-30-32-33-34-35-36-37-38-39-40-41-42-43-44-45-46-48-50-52-54-56-58-60-62-64-66-68-70-76(80)77-74(73-84-85(81,82)83-72-71-78(3,4)5)75(79)69-67-65-63-61-59-57-55-53-51-49-47-31-29-27-25-23-21-19-17-15-13-11-9-7-2/h8,10,14,16,20,22,26,28,32-33,35-36,38-39,41-42,44-45,51,53,59,61,67,69,74-75,79H,6-7,9,11-13,15,17-19,21,23-25,27,29-31,34,37,40,43,46-50,52,54-58,60,62-66,68,70-73H2,1-5H3,(H-,77,80,81,82)/b10-8-,16-14-,22-20-,28-26-,33-32-,36-35-,39-38-,42-41-,45-44-,53-51+,61-59+,69-67+. The number of nitrogens with zero attached hydrogens (tertiary/aromatic N) is 1. The first kappa shape index (κ1) is 81.4. The minimum atomic E-state index is -4.63. The Morgan fingerprint density at radius 3 is 1.09 bits per heavy atom. The number of aliphatic hydroxyl groups excluding tert-OH is 1. The number of phosphoric ester groups is 1. The number of amides is 1. The third-order valence-corrected chi connectivity index (χ3v) is 15.7. The lowest BCUT2D eigenvalue weighted by Crippen LogP contribution is -2.45. The molecule has 8 nitrogen and oxygen atoms in total. The van der Waals surface area contributed by atoms with Crippen molar-refractivity contribution in [3.63, 3.8) is 0 Å². The SMILES string of the molecule is CC/C=C\C/C=C\C/C=C\C/C=C\C/C=C\C/C=C\C/C=C\C/C=C\C/C=C\CCCCCCCCCCCCCC(=O)NC(COP(=O)([O-])OCC[N+](C)(C)C)C(O)/C=C/CC/C=C/CC/C=C/CCCCCCCCCCCCCCCC. The van der Waals surface area contributed by atoms with Crippen LogP contribution in [0.15, 0.2) is 146 Å². The minimum absolute atomic E-state index is 0.0160. The Kier molecular flexibility index (Phi) is 62.1. The maximum absolute atomic E-state index is 13.0. The Morgan fingerprint density at radius 2 is 0.729 bits per heavy atom. The summed E-state index contributed by atoms with van der Waals surface area (Å²) < 4.78 is 23.4. The van der Waals surface area contributed by atoms with Gasteiger partial charge in [-0.1, -0.05) is 301 Å². The topological polar surface area (TPSA) is 108 Å². The summed E-state index contributed by atoms with van der Waals surface area (Å²) in [6.45, 7) is 4.51. The highest BCUT2D eigenvalue weighted by molar-refractivity contribution is 7.45. The molecule has 486 valence electrons. The van der Waals surface area contributed by atoms with Crippen LogP contribution in [0.1, 0.15) is 277 Å². The van der Waals surface area contributed by atoms with Crippen LogP contribution in [0.4, 0.5) is 0 Å². The molecule has 0 spiro atoms. The van der Waals surface area contributed by atoms with Gasteiger partial charge in [-0.05, 0) is 116 Å². The van der Waals surface area contributed by atoms with Gasteiger partial charge in [-0.2, -0.15) is 0 Å². The molecule has 0 aliphatic carbocycles. The predicted molar refractivity (Wildman–Crippen MR) is 371 cm³/mol. The highest BCUT2D eigenvalue weighted by atomic mass is 31.2. The van der Waals surface area contributed by atoms with E-state index in [4.69, 9.17) is 9.05 Å². The summed E-state index contributed by atoms with van der Waals surface area (Å²) in [4.78, 5) is 25.6. The fraction of sp³-hybridized carbons (Fsp3) is 0.671. The predicted octanol–water partition coefficient (Wildman–Crippen LogP) is 21.7. The molecule has 2 N–H and O–H groups in total. The van der Waals surface area contributed by atoms with E-state index in [1.807, 2.05) is 27.2 Å². The Morgan fingerprint density at radius 1 is 0.424 bits per heavy atom. The zero-order valence-corrected chi connectivity index (χ0v) is 56.4. The zero-order chi connectivity index (χ0) is 61.9. The second kappa shape index (κ2) is 64.8. The van der Waals surface area contributed by atoms with E-state index in [1.54, 1.807) is 6.08 Å². The number of phosphoric acid groups is 1. The van der Waals surface area contributed by atoms with Crippen molar-refractivity contribution in [3.8, 4) is 0 Å². The van der Waals surface area contributed by atoms with E-state index in [0.29, 0.717) is 17.4 Å². The molecule has 0 fully saturated rings. The average Bonchev–Trinajstić information content (AvgIpc) is 3.49. The van der Waals surface area contributed by atoms with Crippen molar-refractivity contribution in [3.05, 3.63) is 146 Å². The van der Waals surface area contributed by atoms with E-state index in [0.717, 1.165) is 109 Å². The maximum atomic E-state index is 13.0. The fourth-order valence-electron chi connectivity index (χ4n) is 9.41. The van der Waals surface area contributed by atoms with Gasteiger partial charge in [0.25, 0.3) is 7.82 Å². The van der Waals surface area contributed by atoms with Gasteiger partial charge in [0.05, 0.1) is 39.9 Å². The summed E-state index contributed by atoms with van der Waals surface area (Å²) >= 11 is 0. The summed E-state index contributed by atoms with van der Waals surface area (Å²) in [5.74, 6) is -0.219. The third-order valence-electron chi connectivity index (χ3n) is 14.8. The number of aliphatic hydroxyl groups is 1. The average molecular weight is 1200 g/mol. The number of quaternary nitrogens is 1. The number of hydrogen-bond acceptors (Lipinski definition) is 6. The minimum Gasteiger partial charge on any atom is -0.756 e. The van der Waals surface area contributed by atoms with Crippen molar-refractivity contribution in [2.45, 2.75) is 289 Å². The molecule has 0 aromatic heterocycles. The number of carbonyl (C=O) groups is 1. The molecule has 3 atom stereocenters. The second-order valence-corrected chi connectivity index (χ2v) is 25.5. The number of unbranched alkanes of at least 4 members (excludes halogenated alkanes) is 27. The lowest BCUT2D eigenvalue weighted by atomic mass is 10.0. The smallest absolute Gasteiger partial charge is 0.268 e. The van der Waals surface area contributed by atoms with Gasteiger partial charge in [0.1, 0.15) is 13.2 Å².